The van der Waals surface area contributed by atoms with Crippen LogP contribution in [0.25, 0.3) is 0 Å². The minimum Gasteiger partial charge on any atom is -0.359 e. The lowest BCUT2D eigenvalue weighted by atomic mass is 9.93. The van der Waals surface area contributed by atoms with Gasteiger partial charge in [0.05, 0.1) is 17.2 Å². The molecule has 0 spiro atoms. The van der Waals surface area contributed by atoms with E-state index in [-0.39, 0.29) is 5.91 Å². The van der Waals surface area contributed by atoms with Gasteiger partial charge >= 0.3 is 0 Å². The second-order valence-electron chi connectivity index (χ2n) is 6.06. The number of hydrogen-bond donors (Lipinski definition) is 2. The first kappa shape index (κ1) is 18.7. The molecule has 1 saturated heterocycles. The Kier molecular flexibility index (Phi) is 7.49. The predicted octanol–water partition coefficient (Wildman–Crippen LogP) is 2.02. The molecule has 1 amide bonds. The van der Waals surface area contributed by atoms with Crippen LogP contribution in [0.4, 0.5) is 0 Å². The fraction of sp³-hybridized carbons (Fsp3) is 0.706. The van der Waals surface area contributed by atoms with Gasteiger partial charge in [-0.15, -0.1) is 11.3 Å². The summed E-state index contributed by atoms with van der Waals surface area (Å²) in [6, 6.07) is 0. The monoisotopic (exact) mass is 351 g/mol. The minimum atomic E-state index is 0.143. The molecular weight excluding hydrogens is 322 g/mol. The predicted molar refractivity (Wildman–Crippen MR) is 99.3 cm³/mol. The van der Waals surface area contributed by atoms with E-state index in [1.54, 1.807) is 18.4 Å². The van der Waals surface area contributed by atoms with Crippen molar-refractivity contribution in [1.82, 2.24) is 20.5 Å². The lowest BCUT2D eigenvalue weighted by Gasteiger charge is -2.34. The summed E-state index contributed by atoms with van der Waals surface area (Å²) in [5.41, 5.74) is 1.04. The highest BCUT2D eigenvalue weighted by Crippen LogP contribution is 2.20. The van der Waals surface area contributed by atoms with Crippen LogP contribution in [0.15, 0.2) is 10.4 Å². The van der Waals surface area contributed by atoms with Crippen molar-refractivity contribution in [2.75, 3.05) is 26.7 Å². The van der Waals surface area contributed by atoms with Gasteiger partial charge in [-0.05, 0) is 32.1 Å². The standard InChI is InChI=1S/C17H29N5OS/c1-4-16-21-14(12-24-16)11-20-17(19-5-2)22-8-6-13(7-9-22)10-15(23)18-3/h12-13H,4-11H2,1-3H3,(H,18,23)(H,19,20). The topological polar surface area (TPSA) is 69.6 Å². The maximum atomic E-state index is 11.5. The van der Waals surface area contributed by atoms with E-state index in [0.717, 1.165) is 50.6 Å². The molecule has 1 aromatic rings. The number of nitrogens with one attached hydrogen (secondary N) is 2. The third-order valence-corrected chi connectivity index (χ3v) is 5.34. The van der Waals surface area contributed by atoms with Crippen LogP contribution in [-0.4, -0.2) is 48.4 Å². The van der Waals surface area contributed by atoms with Crippen molar-refractivity contribution in [3.05, 3.63) is 16.1 Å². The summed E-state index contributed by atoms with van der Waals surface area (Å²) in [6.07, 6.45) is 3.69. The number of carbonyl (C=O) groups excluding carboxylic acids is 1. The van der Waals surface area contributed by atoms with Crippen molar-refractivity contribution in [3.8, 4) is 0 Å². The van der Waals surface area contributed by atoms with E-state index in [2.05, 4.69) is 39.7 Å². The summed E-state index contributed by atoms with van der Waals surface area (Å²) < 4.78 is 0. The minimum absolute atomic E-state index is 0.143. The number of guanidine groups is 1. The number of hydrogen-bond acceptors (Lipinski definition) is 4. The van der Waals surface area contributed by atoms with E-state index in [9.17, 15) is 4.79 Å². The number of likely N-dealkylation sites (tertiary alicyclic amines) is 1. The van der Waals surface area contributed by atoms with Crippen LogP contribution in [0.3, 0.4) is 0 Å². The van der Waals surface area contributed by atoms with Gasteiger partial charge in [0.2, 0.25) is 5.91 Å². The average Bonchev–Trinajstić information content (AvgIpc) is 3.07. The molecule has 0 bridgehead atoms. The highest BCUT2D eigenvalue weighted by atomic mass is 32.1. The highest BCUT2D eigenvalue weighted by Gasteiger charge is 2.23. The van der Waals surface area contributed by atoms with Crippen molar-refractivity contribution < 1.29 is 4.79 Å². The number of rotatable bonds is 6. The van der Waals surface area contributed by atoms with Crippen molar-refractivity contribution in [3.63, 3.8) is 0 Å². The van der Waals surface area contributed by atoms with E-state index in [4.69, 9.17) is 4.99 Å². The second-order valence-corrected chi connectivity index (χ2v) is 7.01. The zero-order chi connectivity index (χ0) is 17.4. The molecule has 1 aliphatic rings. The molecular formula is C17H29N5OS. The zero-order valence-electron chi connectivity index (χ0n) is 15.0. The Morgan fingerprint density at radius 3 is 2.75 bits per heavy atom. The second kappa shape index (κ2) is 9.61. The van der Waals surface area contributed by atoms with E-state index >= 15 is 0 Å². The molecule has 1 fully saturated rings. The molecule has 1 aromatic heterocycles. The van der Waals surface area contributed by atoms with Crippen LogP contribution in [0.1, 0.15) is 43.8 Å². The summed E-state index contributed by atoms with van der Waals surface area (Å²) in [5, 5.41) is 9.37. The largest absolute Gasteiger partial charge is 0.359 e. The van der Waals surface area contributed by atoms with Gasteiger partial charge in [0, 0.05) is 38.5 Å². The molecule has 0 atom stereocenters. The Bertz CT molecular complexity index is 549. The lowest BCUT2D eigenvalue weighted by Crippen LogP contribution is -2.46. The normalized spacial score (nSPS) is 16.3. The van der Waals surface area contributed by atoms with Crippen molar-refractivity contribution >= 4 is 23.2 Å². The van der Waals surface area contributed by atoms with Gasteiger partial charge in [0.25, 0.3) is 0 Å². The van der Waals surface area contributed by atoms with Crippen LogP contribution in [0.5, 0.6) is 0 Å². The molecule has 1 aliphatic heterocycles. The summed E-state index contributed by atoms with van der Waals surface area (Å²) in [6.45, 7) is 7.59. The Morgan fingerprint density at radius 2 is 2.17 bits per heavy atom. The van der Waals surface area contributed by atoms with E-state index in [1.165, 1.54) is 5.01 Å². The lowest BCUT2D eigenvalue weighted by molar-refractivity contribution is -0.121. The molecule has 0 aliphatic carbocycles. The maximum Gasteiger partial charge on any atom is 0.220 e. The number of aromatic nitrogens is 1. The molecule has 6 nitrogen and oxygen atoms in total. The number of nitrogens with zero attached hydrogens (tertiary/aromatic N) is 3. The highest BCUT2D eigenvalue weighted by molar-refractivity contribution is 7.09. The van der Waals surface area contributed by atoms with Crippen molar-refractivity contribution in [1.29, 1.82) is 0 Å². The number of amides is 1. The molecule has 0 unspecified atom stereocenters. The number of carbonyl (C=O) groups is 1. The summed E-state index contributed by atoms with van der Waals surface area (Å²) in [5.74, 6) is 1.58. The Balaban J connectivity index is 1.90. The fourth-order valence-electron chi connectivity index (χ4n) is 2.88. The van der Waals surface area contributed by atoms with Crippen LogP contribution < -0.4 is 10.6 Å². The van der Waals surface area contributed by atoms with Gasteiger partial charge in [0.15, 0.2) is 5.96 Å². The maximum absolute atomic E-state index is 11.5. The summed E-state index contributed by atoms with van der Waals surface area (Å²) in [4.78, 5) is 23.2. The third kappa shape index (κ3) is 5.47. The Morgan fingerprint density at radius 1 is 1.42 bits per heavy atom. The van der Waals surface area contributed by atoms with E-state index in [0.29, 0.717) is 18.9 Å². The molecule has 7 heteroatoms. The smallest absolute Gasteiger partial charge is 0.220 e. The molecule has 134 valence electrons. The van der Waals surface area contributed by atoms with Gasteiger partial charge in [-0.25, -0.2) is 9.98 Å². The van der Waals surface area contributed by atoms with E-state index in [1.807, 2.05) is 0 Å². The first-order chi connectivity index (χ1) is 11.7. The van der Waals surface area contributed by atoms with Gasteiger partial charge < -0.3 is 15.5 Å². The third-order valence-electron chi connectivity index (χ3n) is 4.29. The van der Waals surface area contributed by atoms with Crippen LogP contribution in [0.2, 0.25) is 0 Å². The Labute approximate surface area is 148 Å². The first-order valence-corrected chi connectivity index (χ1v) is 9.71. The van der Waals surface area contributed by atoms with E-state index < -0.39 is 0 Å². The number of piperidine rings is 1. The van der Waals surface area contributed by atoms with Crippen LogP contribution in [-0.2, 0) is 17.8 Å². The van der Waals surface area contributed by atoms with Crippen molar-refractivity contribution in [2.24, 2.45) is 10.9 Å². The molecule has 0 saturated carbocycles. The number of aryl methyl sites for hydroxylation is 1. The van der Waals surface area contributed by atoms with Crippen LogP contribution >= 0.6 is 11.3 Å². The molecule has 0 aromatic carbocycles. The van der Waals surface area contributed by atoms with Gasteiger partial charge in [0.1, 0.15) is 0 Å². The summed E-state index contributed by atoms with van der Waals surface area (Å²) in [7, 11) is 1.70. The van der Waals surface area contributed by atoms with Gasteiger partial charge in [-0.3, -0.25) is 4.79 Å². The zero-order valence-corrected chi connectivity index (χ0v) is 15.8. The number of thiazole rings is 1. The molecule has 2 rings (SSSR count). The average molecular weight is 352 g/mol. The van der Waals surface area contributed by atoms with Crippen molar-refractivity contribution in [2.45, 2.75) is 46.1 Å². The van der Waals surface area contributed by atoms with Gasteiger partial charge in [-0.1, -0.05) is 6.92 Å². The van der Waals surface area contributed by atoms with Crippen LogP contribution in [0, 0.1) is 5.92 Å². The molecule has 0 radical (unpaired) electrons. The Hall–Kier alpha value is -1.63. The SMILES string of the molecule is CCNC(=NCc1csc(CC)n1)N1CCC(CC(=O)NC)CC1. The summed E-state index contributed by atoms with van der Waals surface area (Å²) >= 11 is 1.71. The van der Waals surface area contributed by atoms with Gasteiger partial charge in [-0.2, -0.15) is 0 Å². The number of aliphatic imine (C=N–C) groups is 1. The molecule has 2 heterocycles. The molecule has 24 heavy (non-hydrogen) atoms. The quantitative estimate of drug-likeness (QED) is 0.608. The first-order valence-electron chi connectivity index (χ1n) is 8.83. The molecule has 2 N–H and O–H groups in total. The fourth-order valence-corrected chi connectivity index (χ4v) is 3.61.